The zero-order chi connectivity index (χ0) is 14.7. The summed E-state index contributed by atoms with van der Waals surface area (Å²) in [5, 5.41) is 10.0. The molecule has 1 atom stereocenters. The number of halogens is 1. The smallest absolute Gasteiger partial charge is 0.146 e. The summed E-state index contributed by atoms with van der Waals surface area (Å²) in [4.78, 5) is 6.33. The van der Waals surface area contributed by atoms with E-state index in [4.69, 9.17) is 11.6 Å². The lowest BCUT2D eigenvalue weighted by Crippen LogP contribution is -2.24. The van der Waals surface area contributed by atoms with Crippen molar-refractivity contribution in [3.05, 3.63) is 58.2 Å². The third kappa shape index (κ3) is 2.61. The van der Waals surface area contributed by atoms with Crippen molar-refractivity contribution in [2.45, 2.75) is 19.9 Å². The molecule has 0 N–H and O–H groups in total. The van der Waals surface area contributed by atoms with Gasteiger partial charge in [-0.1, -0.05) is 29.8 Å². The van der Waals surface area contributed by atoms with Crippen molar-refractivity contribution in [1.82, 2.24) is 4.98 Å². The summed E-state index contributed by atoms with van der Waals surface area (Å²) in [6.45, 7) is 3.96. The molecule has 0 aliphatic rings. The molecule has 3 nitrogen and oxygen atoms in total. The van der Waals surface area contributed by atoms with Crippen molar-refractivity contribution >= 4 is 17.4 Å². The van der Waals surface area contributed by atoms with Gasteiger partial charge in [-0.05, 0) is 37.1 Å². The summed E-state index contributed by atoms with van der Waals surface area (Å²) in [7, 11) is 1.93. The van der Waals surface area contributed by atoms with E-state index in [-0.39, 0.29) is 6.04 Å². The summed E-state index contributed by atoms with van der Waals surface area (Å²) >= 11 is 6.24. The number of benzene rings is 1. The van der Waals surface area contributed by atoms with Crippen LogP contribution in [0.2, 0.25) is 5.02 Å². The second kappa shape index (κ2) is 5.94. The summed E-state index contributed by atoms with van der Waals surface area (Å²) in [6, 6.07) is 11.8. The van der Waals surface area contributed by atoms with E-state index < -0.39 is 0 Å². The second-order valence-electron chi connectivity index (χ2n) is 4.75. The number of nitriles is 1. The summed E-state index contributed by atoms with van der Waals surface area (Å²) < 4.78 is 0. The fraction of sp³-hybridized carbons (Fsp3) is 0.250. The lowest BCUT2D eigenvalue weighted by atomic mass is 10.1. The van der Waals surface area contributed by atoms with Gasteiger partial charge in [0.25, 0.3) is 0 Å². The highest BCUT2D eigenvalue weighted by molar-refractivity contribution is 6.31. The molecule has 0 saturated heterocycles. The Labute approximate surface area is 124 Å². The fourth-order valence-corrected chi connectivity index (χ4v) is 2.45. The number of nitrogens with zero attached hydrogens (tertiary/aromatic N) is 3. The Balaban J connectivity index is 2.42. The van der Waals surface area contributed by atoms with Crippen molar-refractivity contribution in [2.24, 2.45) is 0 Å². The maximum absolute atomic E-state index is 9.31. The van der Waals surface area contributed by atoms with Crippen LogP contribution in [0.3, 0.4) is 0 Å². The zero-order valence-electron chi connectivity index (χ0n) is 11.8. The van der Waals surface area contributed by atoms with Gasteiger partial charge in [-0.25, -0.2) is 4.98 Å². The Hall–Kier alpha value is -2.05. The third-order valence-corrected chi connectivity index (χ3v) is 3.87. The van der Waals surface area contributed by atoms with E-state index in [9.17, 15) is 5.26 Å². The van der Waals surface area contributed by atoms with Crippen molar-refractivity contribution < 1.29 is 0 Å². The first-order valence-corrected chi connectivity index (χ1v) is 6.77. The van der Waals surface area contributed by atoms with Crippen molar-refractivity contribution in [2.75, 3.05) is 11.9 Å². The largest absolute Gasteiger partial charge is 0.352 e. The van der Waals surface area contributed by atoms with Crippen LogP contribution in [0.15, 0.2) is 36.5 Å². The fourth-order valence-electron chi connectivity index (χ4n) is 2.16. The number of hydrogen-bond donors (Lipinski definition) is 0. The van der Waals surface area contributed by atoms with E-state index in [1.165, 1.54) is 0 Å². The molecule has 0 spiro atoms. The zero-order valence-corrected chi connectivity index (χ0v) is 12.5. The minimum atomic E-state index is 0.0325. The monoisotopic (exact) mass is 285 g/mol. The van der Waals surface area contributed by atoms with Crippen LogP contribution in [0.25, 0.3) is 0 Å². The molecule has 0 radical (unpaired) electrons. The molecule has 0 amide bonds. The third-order valence-electron chi connectivity index (χ3n) is 3.52. The van der Waals surface area contributed by atoms with Gasteiger partial charge in [0.1, 0.15) is 11.9 Å². The van der Waals surface area contributed by atoms with Crippen molar-refractivity contribution in [3.8, 4) is 6.07 Å². The van der Waals surface area contributed by atoms with E-state index in [2.05, 4.69) is 11.1 Å². The summed E-state index contributed by atoms with van der Waals surface area (Å²) in [6.07, 6.45) is 1.72. The number of hydrogen-bond acceptors (Lipinski definition) is 3. The summed E-state index contributed by atoms with van der Waals surface area (Å²) in [5.74, 6) is 0.680. The number of aryl methyl sites for hydroxylation is 1. The quantitative estimate of drug-likeness (QED) is 0.852. The normalized spacial score (nSPS) is 11.8. The van der Waals surface area contributed by atoms with E-state index in [0.29, 0.717) is 11.4 Å². The average Bonchev–Trinajstić information content (AvgIpc) is 2.46. The van der Waals surface area contributed by atoms with Crippen LogP contribution >= 0.6 is 11.6 Å². The standard InChI is InChI=1S/C16H16ClN3/c1-11-8-9-19-16(14(11)10-18)20(3)12(2)13-6-4-5-7-15(13)17/h4-9,12H,1-3H3. The topological polar surface area (TPSA) is 39.9 Å². The number of pyridine rings is 1. The SMILES string of the molecule is Cc1ccnc(N(C)C(C)c2ccccc2Cl)c1C#N. The van der Waals surface area contributed by atoms with Crippen LogP contribution in [-0.4, -0.2) is 12.0 Å². The Morgan fingerprint density at radius 1 is 1.30 bits per heavy atom. The van der Waals surface area contributed by atoms with Gasteiger partial charge >= 0.3 is 0 Å². The summed E-state index contributed by atoms with van der Waals surface area (Å²) in [5.41, 5.74) is 2.55. The van der Waals surface area contributed by atoms with E-state index in [1.54, 1.807) is 6.20 Å². The van der Waals surface area contributed by atoms with E-state index in [1.807, 2.05) is 56.1 Å². The molecule has 0 aliphatic heterocycles. The van der Waals surface area contributed by atoms with Gasteiger partial charge in [0, 0.05) is 18.3 Å². The van der Waals surface area contributed by atoms with Crippen LogP contribution < -0.4 is 4.90 Å². The molecule has 1 aromatic heterocycles. The molecule has 0 saturated carbocycles. The van der Waals surface area contributed by atoms with Gasteiger partial charge in [-0.15, -0.1) is 0 Å². The highest BCUT2D eigenvalue weighted by Gasteiger charge is 2.19. The lowest BCUT2D eigenvalue weighted by molar-refractivity contribution is 0.727. The molecule has 2 aromatic rings. The Morgan fingerprint density at radius 2 is 2.00 bits per heavy atom. The average molecular weight is 286 g/mol. The molecule has 102 valence electrons. The van der Waals surface area contributed by atoms with E-state index >= 15 is 0 Å². The highest BCUT2D eigenvalue weighted by atomic mass is 35.5. The maximum atomic E-state index is 9.31. The van der Waals surface area contributed by atoms with Crippen LogP contribution in [0, 0.1) is 18.3 Å². The van der Waals surface area contributed by atoms with Gasteiger partial charge in [-0.2, -0.15) is 5.26 Å². The predicted molar refractivity (Wildman–Crippen MR) is 82.0 cm³/mol. The van der Waals surface area contributed by atoms with Gasteiger partial charge in [0.15, 0.2) is 0 Å². The van der Waals surface area contributed by atoms with Crippen molar-refractivity contribution in [3.63, 3.8) is 0 Å². The van der Waals surface area contributed by atoms with Gasteiger partial charge in [0.2, 0.25) is 0 Å². The van der Waals surface area contributed by atoms with Crippen molar-refractivity contribution in [1.29, 1.82) is 5.26 Å². The Bertz CT molecular complexity index is 661. The minimum Gasteiger partial charge on any atom is -0.352 e. The number of rotatable bonds is 3. The molecule has 1 unspecified atom stereocenters. The second-order valence-corrected chi connectivity index (χ2v) is 5.15. The van der Waals surface area contributed by atoms with Crippen LogP contribution in [0.5, 0.6) is 0 Å². The lowest BCUT2D eigenvalue weighted by Gasteiger charge is -2.28. The van der Waals surface area contributed by atoms with Gasteiger partial charge in [0.05, 0.1) is 11.6 Å². The van der Waals surface area contributed by atoms with E-state index in [0.717, 1.165) is 16.1 Å². The molecule has 2 rings (SSSR count). The molecule has 0 aliphatic carbocycles. The maximum Gasteiger partial charge on any atom is 0.146 e. The Morgan fingerprint density at radius 3 is 2.65 bits per heavy atom. The molecule has 4 heteroatoms. The molecule has 1 aromatic carbocycles. The Kier molecular flexibility index (Phi) is 4.26. The molecular weight excluding hydrogens is 270 g/mol. The molecule has 0 bridgehead atoms. The number of anilines is 1. The van der Waals surface area contributed by atoms with Crippen LogP contribution in [0.4, 0.5) is 5.82 Å². The first-order chi connectivity index (χ1) is 9.56. The molecule has 1 heterocycles. The highest BCUT2D eigenvalue weighted by Crippen LogP contribution is 2.30. The number of aromatic nitrogens is 1. The van der Waals surface area contributed by atoms with Crippen LogP contribution in [-0.2, 0) is 0 Å². The first kappa shape index (κ1) is 14.4. The van der Waals surface area contributed by atoms with Gasteiger partial charge in [-0.3, -0.25) is 0 Å². The minimum absolute atomic E-state index is 0.0325. The molecular formula is C16H16ClN3. The van der Waals surface area contributed by atoms with Gasteiger partial charge < -0.3 is 4.90 Å². The van der Waals surface area contributed by atoms with Crippen LogP contribution in [0.1, 0.15) is 29.7 Å². The first-order valence-electron chi connectivity index (χ1n) is 6.39. The molecule has 0 fully saturated rings. The molecule has 20 heavy (non-hydrogen) atoms. The predicted octanol–water partition coefficient (Wildman–Crippen LogP) is 4.11.